The maximum absolute atomic E-state index is 12.3. The molecule has 1 aromatic heterocycles. The van der Waals surface area contributed by atoms with Crippen molar-refractivity contribution in [3.63, 3.8) is 0 Å². The van der Waals surface area contributed by atoms with E-state index >= 15 is 0 Å². The monoisotopic (exact) mass is 274 g/mol. The summed E-state index contributed by atoms with van der Waals surface area (Å²) in [5, 5.41) is 0. The molecular weight excluding hydrogens is 252 g/mol. The van der Waals surface area contributed by atoms with Crippen molar-refractivity contribution in [3.05, 3.63) is 34.2 Å². The fourth-order valence-corrected chi connectivity index (χ4v) is 3.20. The number of H-pyrrole nitrogens is 1. The normalized spacial score (nSPS) is 22.8. The van der Waals surface area contributed by atoms with E-state index in [0.29, 0.717) is 12.8 Å². The maximum atomic E-state index is 12.3. The first-order valence-corrected chi connectivity index (χ1v) is 7.68. The molecule has 2 heterocycles. The Balaban J connectivity index is 1.50. The van der Waals surface area contributed by atoms with Gasteiger partial charge in [0.25, 0.3) is 0 Å². The van der Waals surface area contributed by atoms with Crippen LogP contribution in [0.2, 0.25) is 0 Å². The van der Waals surface area contributed by atoms with Gasteiger partial charge in [0.05, 0.1) is 0 Å². The van der Waals surface area contributed by atoms with Crippen molar-refractivity contribution in [3.8, 4) is 0 Å². The van der Waals surface area contributed by atoms with Crippen LogP contribution in [-0.4, -0.2) is 28.9 Å². The van der Waals surface area contributed by atoms with Crippen molar-refractivity contribution in [2.24, 2.45) is 11.8 Å². The molecule has 108 valence electrons. The smallest absolute Gasteiger partial charge is 0.247 e. The van der Waals surface area contributed by atoms with Crippen LogP contribution in [0.4, 0.5) is 0 Å². The summed E-state index contributed by atoms with van der Waals surface area (Å²) < 4.78 is 0. The lowest BCUT2D eigenvalue weighted by Crippen LogP contribution is -2.40. The van der Waals surface area contributed by atoms with Gasteiger partial charge in [0.15, 0.2) is 0 Å². The second-order valence-corrected chi connectivity index (χ2v) is 6.14. The van der Waals surface area contributed by atoms with Crippen LogP contribution >= 0.6 is 0 Å². The summed E-state index contributed by atoms with van der Waals surface area (Å²) in [6, 6.07) is 3.32. The molecule has 0 bridgehead atoms. The number of aryl methyl sites for hydroxylation is 1. The molecular formula is C16H22N2O2. The van der Waals surface area contributed by atoms with Gasteiger partial charge in [-0.3, -0.25) is 9.59 Å². The summed E-state index contributed by atoms with van der Waals surface area (Å²) in [4.78, 5) is 28.0. The number of likely N-dealkylation sites (tertiary alicyclic amines) is 1. The van der Waals surface area contributed by atoms with Crippen LogP contribution < -0.4 is 5.56 Å². The minimum Gasteiger partial charge on any atom is -0.342 e. The number of nitrogens with zero attached hydrogens (tertiary/aromatic N) is 1. The van der Waals surface area contributed by atoms with Crippen LogP contribution in [0.3, 0.4) is 0 Å². The zero-order valence-electron chi connectivity index (χ0n) is 11.8. The molecule has 1 saturated heterocycles. The van der Waals surface area contributed by atoms with Crippen LogP contribution in [0.15, 0.2) is 23.1 Å². The zero-order chi connectivity index (χ0) is 13.9. The number of carbonyl (C=O) groups excluding carboxylic acids is 1. The zero-order valence-corrected chi connectivity index (χ0v) is 11.8. The number of hydrogen-bond donors (Lipinski definition) is 1. The number of carbonyl (C=O) groups is 1. The third kappa shape index (κ3) is 3.30. The molecule has 1 saturated carbocycles. The van der Waals surface area contributed by atoms with Gasteiger partial charge in [-0.15, -0.1) is 0 Å². The summed E-state index contributed by atoms with van der Waals surface area (Å²) in [5.41, 5.74) is 0.928. The molecule has 1 N–H and O–H groups in total. The lowest BCUT2D eigenvalue weighted by Gasteiger charge is -2.33. The highest BCUT2D eigenvalue weighted by atomic mass is 16.2. The molecule has 20 heavy (non-hydrogen) atoms. The van der Waals surface area contributed by atoms with E-state index in [2.05, 4.69) is 9.88 Å². The number of pyridine rings is 1. The second kappa shape index (κ2) is 5.81. The molecule has 2 aliphatic rings. The van der Waals surface area contributed by atoms with Gasteiger partial charge in [0, 0.05) is 31.8 Å². The number of nitrogens with one attached hydrogen (secondary N) is 1. The molecule has 4 heteroatoms. The first-order valence-electron chi connectivity index (χ1n) is 7.68. The van der Waals surface area contributed by atoms with E-state index in [-0.39, 0.29) is 11.5 Å². The highest BCUT2D eigenvalue weighted by Gasteiger charge is 2.35. The van der Waals surface area contributed by atoms with E-state index in [9.17, 15) is 9.59 Å². The lowest BCUT2D eigenvalue weighted by atomic mass is 9.93. The number of hydrogen-bond acceptors (Lipinski definition) is 2. The van der Waals surface area contributed by atoms with Crippen molar-refractivity contribution < 1.29 is 4.79 Å². The number of aromatic amines is 1. The van der Waals surface area contributed by atoms with Crippen LogP contribution in [0.5, 0.6) is 0 Å². The maximum Gasteiger partial charge on any atom is 0.247 e. The summed E-state index contributed by atoms with van der Waals surface area (Å²) >= 11 is 0. The van der Waals surface area contributed by atoms with E-state index in [1.807, 2.05) is 0 Å². The van der Waals surface area contributed by atoms with E-state index in [1.54, 1.807) is 12.3 Å². The highest BCUT2D eigenvalue weighted by Crippen LogP contribution is 2.40. The summed E-state index contributed by atoms with van der Waals surface area (Å²) in [6.45, 7) is 1.89. The van der Waals surface area contributed by atoms with Gasteiger partial charge in [0.2, 0.25) is 11.5 Å². The van der Waals surface area contributed by atoms with Gasteiger partial charge >= 0.3 is 0 Å². The van der Waals surface area contributed by atoms with Crippen LogP contribution in [-0.2, 0) is 11.2 Å². The van der Waals surface area contributed by atoms with Crippen molar-refractivity contribution in [1.29, 1.82) is 0 Å². The lowest BCUT2D eigenvalue weighted by molar-refractivity contribution is -0.133. The van der Waals surface area contributed by atoms with Crippen molar-refractivity contribution in [1.82, 2.24) is 9.88 Å². The van der Waals surface area contributed by atoms with Gasteiger partial charge in [-0.2, -0.15) is 0 Å². The Labute approximate surface area is 119 Å². The molecule has 1 unspecified atom stereocenters. The number of amides is 1. The Bertz CT molecular complexity index is 513. The molecule has 1 aliphatic carbocycles. The molecule has 1 aliphatic heterocycles. The van der Waals surface area contributed by atoms with Gasteiger partial charge in [-0.1, -0.05) is 6.07 Å². The molecule has 0 spiro atoms. The van der Waals surface area contributed by atoms with Crippen molar-refractivity contribution in [2.75, 3.05) is 13.1 Å². The Hall–Kier alpha value is -1.58. The topological polar surface area (TPSA) is 53.2 Å². The predicted molar refractivity (Wildman–Crippen MR) is 77.4 cm³/mol. The molecule has 2 fully saturated rings. The van der Waals surface area contributed by atoms with E-state index in [0.717, 1.165) is 36.9 Å². The van der Waals surface area contributed by atoms with Crippen LogP contribution in [0, 0.1) is 11.8 Å². The average molecular weight is 274 g/mol. The van der Waals surface area contributed by atoms with Crippen molar-refractivity contribution >= 4 is 5.91 Å². The molecule has 3 rings (SSSR count). The first kappa shape index (κ1) is 13.4. The SMILES string of the molecule is O=C(CCc1ccc(=O)[nH]c1)N1CCCC(C2CC2)C1. The summed E-state index contributed by atoms with van der Waals surface area (Å²) in [6.07, 6.45) is 8.15. The Kier molecular flexibility index (Phi) is 3.90. The van der Waals surface area contributed by atoms with Gasteiger partial charge in [-0.05, 0) is 49.5 Å². The summed E-state index contributed by atoms with van der Waals surface area (Å²) in [7, 11) is 0. The number of aromatic nitrogens is 1. The van der Waals surface area contributed by atoms with Crippen LogP contribution in [0.1, 0.15) is 37.7 Å². The molecule has 1 aromatic rings. The fraction of sp³-hybridized carbons (Fsp3) is 0.625. The average Bonchev–Trinajstić information content (AvgIpc) is 3.31. The van der Waals surface area contributed by atoms with E-state index in [4.69, 9.17) is 0 Å². The molecule has 1 atom stereocenters. The molecule has 0 radical (unpaired) electrons. The first-order chi connectivity index (χ1) is 9.72. The molecule has 4 nitrogen and oxygen atoms in total. The summed E-state index contributed by atoms with van der Waals surface area (Å²) in [5.74, 6) is 1.91. The highest BCUT2D eigenvalue weighted by molar-refractivity contribution is 5.76. The van der Waals surface area contributed by atoms with E-state index < -0.39 is 0 Å². The molecule has 0 aromatic carbocycles. The Morgan fingerprint density at radius 1 is 1.25 bits per heavy atom. The number of piperidine rings is 1. The largest absolute Gasteiger partial charge is 0.342 e. The third-order valence-corrected chi connectivity index (χ3v) is 4.58. The Morgan fingerprint density at radius 3 is 2.80 bits per heavy atom. The third-order valence-electron chi connectivity index (χ3n) is 4.58. The van der Waals surface area contributed by atoms with Gasteiger partial charge in [-0.25, -0.2) is 0 Å². The minimum atomic E-state index is -0.0941. The van der Waals surface area contributed by atoms with Crippen molar-refractivity contribution in [2.45, 2.75) is 38.5 Å². The Morgan fingerprint density at radius 2 is 2.10 bits per heavy atom. The predicted octanol–water partition coefficient (Wildman–Crippen LogP) is 1.96. The minimum absolute atomic E-state index is 0.0941. The number of rotatable bonds is 4. The second-order valence-electron chi connectivity index (χ2n) is 6.14. The standard InChI is InChI=1S/C16H22N2O2/c19-15-7-3-12(10-17-15)4-8-16(20)18-9-1-2-14(11-18)13-5-6-13/h3,7,10,13-14H,1-2,4-6,8-9,11H2,(H,17,19). The fourth-order valence-electron chi connectivity index (χ4n) is 3.20. The van der Waals surface area contributed by atoms with Crippen LogP contribution in [0.25, 0.3) is 0 Å². The quantitative estimate of drug-likeness (QED) is 0.912. The molecule has 1 amide bonds. The van der Waals surface area contributed by atoms with Gasteiger partial charge in [0.1, 0.15) is 0 Å². The van der Waals surface area contributed by atoms with Gasteiger partial charge < -0.3 is 9.88 Å². The van der Waals surface area contributed by atoms with E-state index in [1.165, 1.54) is 25.3 Å².